The Bertz CT molecular complexity index is 530. The molecule has 0 spiro atoms. The Morgan fingerprint density at radius 3 is 1.77 bits per heavy atom. The van der Waals surface area contributed by atoms with E-state index >= 15 is 0 Å². The predicted octanol–water partition coefficient (Wildman–Crippen LogP) is 2.66. The number of carbonyl (C=O) groups excluding carboxylic acids is 2. The van der Waals surface area contributed by atoms with Gasteiger partial charge in [0, 0.05) is 19.8 Å². The van der Waals surface area contributed by atoms with E-state index in [0.29, 0.717) is 18.7 Å². The van der Waals surface area contributed by atoms with Crippen molar-refractivity contribution in [1.29, 1.82) is 0 Å². The van der Waals surface area contributed by atoms with Gasteiger partial charge in [0.25, 0.3) is 11.8 Å². The average molecular weight is 443 g/mol. The molecule has 2 amide bonds. The van der Waals surface area contributed by atoms with Crippen molar-refractivity contribution in [3.63, 3.8) is 0 Å². The fraction of sp³-hybridized carbons (Fsp3) is 0.652. The van der Waals surface area contributed by atoms with Crippen LogP contribution in [0.25, 0.3) is 0 Å². The lowest BCUT2D eigenvalue weighted by molar-refractivity contribution is -0.127. The molecule has 1 heterocycles. The fourth-order valence-electron chi connectivity index (χ4n) is 2.31. The minimum Gasteiger partial charge on any atom is -0.396 e. The first-order valence-electron chi connectivity index (χ1n) is 11.1. The Labute approximate surface area is 187 Å². The molecule has 1 aliphatic rings. The van der Waals surface area contributed by atoms with Gasteiger partial charge in [0.05, 0.1) is 18.9 Å². The summed E-state index contributed by atoms with van der Waals surface area (Å²) in [5.41, 5.74) is 3.34. The molecule has 0 bridgehead atoms. The summed E-state index contributed by atoms with van der Waals surface area (Å²) in [4.78, 5) is 23.8. The molecule has 1 aliphatic heterocycles. The lowest BCUT2D eigenvalue weighted by Crippen LogP contribution is -2.35. The van der Waals surface area contributed by atoms with Crippen LogP contribution >= 0.6 is 0 Å². The molecule has 0 aliphatic carbocycles. The number of hydrogen-bond acceptors (Lipinski definition) is 6. The molecule has 0 saturated carbocycles. The van der Waals surface area contributed by atoms with Crippen LogP contribution in [0.2, 0.25) is 0 Å². The largest absolute Gasteiger partial charge is 0.396 e. The lowest BCUT2D eigenvalue weighted by Gasteiger charge is -2.14. The highest BCUT2D eigenvalue weighted by Gasteiger charge is 2.39. The number of anilines is 1. The minimum absolute atomic E-state index is 0.125. The van der Waals surface area contributed by atoms with Crippen LogP contribution in [0.15, 0.2) is 30.3 Å². The van der Waals surface area contributed by atoms with Crippen molar-refractivity contribution in [3.8, 4) is 0 Å². The van der Waals surface area contributed by atoms with Crippen LogP contribution in [0, 0.1) is 5.92 Å². The fourth-order valence-corrected chi connectivity index (χ4v) is 2.31. The second kappa shape index (κ2) is 22.7. The highest BCUT2D eigenvalue weighted by Crippen LogP contribution is 2.22. The number of nitrogens with zero attached hydrogens (tertiary/aromatic N) is 1. The van der Waals surface area contributed by atoms with Crippen molar-refractivity contribution in [3.05, 3.63) is 30.3 Å². The summed E-state index contributed by atoms with van der Waals surface area (Å²) >= 11 is 0. The van der Waals surface area contributed by atoms with Crippen LogP contribution in [0.5, 0.6) is 0 Å². The van der Waals surface area contributed by atoms with E-state index in [1.54, 1.807) is 12.1 Å². The number of benzene rings is 1. The molecule has 0 aromatic heterocycles. The zero-order valence-electron chi connectivity index (χ0n) is 19.5. The molecule has 1 atom stereocenters. The summed E-state index contributed by atoms with van der Waals surface area (Å²) in [6, 6.07) is 9.17. The molecule has 1 fully saturated rings. The molecule has 8 nitrogen and oxygen atoms in total. The number of para-hydroxylation sites is 1. The van der Waals surface area contributed by atoms with Gasteiger partial charge in [-0.15, -0.1) is 0 Å². The number of unbranched alkanes of at least 4 members (excludes halogenated alkanes) is 2. The van der Waals surface area contributed by atoms with E-state index in [-0.39, 0.29) is 25.0 Å². The maximum Gasteiger partial charge on any atom is 0.258 e. The summed E-state index contributed by atoms with van der Waals surface area (Å²) in [7, 11) is 0. The van der Waals surface area contributed by atoms with E-state index in [9.17, 15) is 9.59 Å². The minimum atomic E-state index is -0.518. The number of amides is 2. The van der Waals surface area contributed by atoms with Gasteiger partial charge in [0.1, 0.15) is 5.92 Å². The van der Waals surface area contributed by atoms with Crippen molar-refractivity contribution in [2.75, 3.05) is 38.0 Å². The van der Waals surface area contributed by atoms with E-state index in [2.05, 4.69) is 12.3 Å². The van der Waals surface area contributed by atoms with Crippen LogP contribution in [0.3, 0.4) is 0 Å². The number of nitrogens with one attached hydrogen (secondary N) is 1. The Kier molecular flexibility index (Phi) is 22.8. The molecular formula is C23H42N2O6. The van der Waals surface area contributed by atoms with Gasteiger partial charge >= 0.3 is 0 Å². The second-order valence-corrected chi connectivity index (χ2v) is 6.49. The van der Waals surface area contributed by atoms with Crippen molar-refractivity contribution in [1.82, 2.24) is 5.43 Å². The maximum atomic E-state index is 12.1. The third-order valence-electron chi connectivity index (χ3n) is 3.94. The van der Waals surface area contributed by atoms with E-state index in [1.807, 2.05) is 39.0 Å². The van der Waals surface area contributed by atoms with Gasteiger partial charge in [-0.25, -0.2) is 5.01 Å². The number of aliphatic hydroxyl groups is 3. The third kappa shape index (κ3) is 15.5. The van der Waals surface area contributed by atoms with Crippen LogP contribution in [-0.2, 0) is 14.3 Å². The highest BCUT2D eigenvalue weighted by molar-refractivity contribution is 6.14. The quantitative estimate of drug-likeness (QED) is 0.437. The first kappa shape index (κ1) is 31.2. The molecule has 1 unspecified atom stereocenters. The highest BCUT2D eigenvalue weighted by atomic mass is 16.5. The van der Waals surface area contributed by atoms with E-state index < -0.39 is 5.92 Å². The SMILES string of the molecule is CCCCC1C(=O)NN(c2ccccc2)C1=O.CCCCO.CCOCC.OCCO. The Morgan fingerprint density at radius 2 is 1.42 bits per heavy atom. The van der Waals surface area contributed by atoms with Crippen molar-refractivity contribution < 1.29 is 29.6 Å². The molecule has 8 heteroatoms. The lowest BCUT2D eigenvalue weighted by atomic mass is 10.0. The Hall–Kier alpha value is -2.00. The zero-order chi connectivity index (χ0) is 23.9. The van der Waals surface area contributed by atoms with E-state index in [4.69, 9.17) is 20.1 Å². The number of hydrazine groups is 1. The topological polar surface area (TPSA) is 119 Å². The Balaban J connectivity index is 0. The molecular weight excluding hydrogens is 400 g/mol. The van der Waals surface area contributed by atoms with Crippen LogP contribution < -0.4 is 10.4 Å². The molecule has 4 N–H and O–H groups in total. The van der Waals surface area contributed by atoms with Gasteiger partial charge in [-0.05, 0) is 38.8 Å². The monoisotopic (exact) mass is 442 g/mol. The summed E-state index contributed by atoms with van der Waals surface area (Å²) in [5, 5.41) is 24.7. The van der Waals surface area contributed by atoms with E-state index in [1.165, 1.54) is 5.01 Å². The first-order valence-corrected chi connectivity index (χ1v) is 11.1. The van der Waals surface area contributed by atoms with Gasteiger partial charge in [0.2, 0.25) is 0 Å². The van der Waals surface area contributed by atoms with E-state index in [0.717, 1.165) is 38.9 Å². The van der Waals surface area contributed by atoms with Gasteiger partial charge in [-0.2, -0.15) is 0 Å². The summed E-state index contributed by atoms with van der Waals surface area (Å²) in [5.74, 6) is -0.850. The van der Waals surface area contributed by atoms with Gasteiger partial charge in [0.15, 0.2) is 0 Å². The van der Waals surface area contributed by atoms with Crippen LogP contribution in [0.1, 0.15) is 59.8 Å². The smallest absolute Gasteiger partial charge is 0.258 e. The third-order valence-corrected chi connectivity index (χ3v) is 3.94. The van der Waals surface area contributed by atoms with Gasteiger partial charge in [-0.1, -0.05) is 51.3 Å². The molecule has 31 heavy (non-hydrogen) atoms. The average Bonchev–Trinajstić information content (AvgIpc) is 3.08. The number of aliphatic hydroxyl groups excluding tert-OH is 3. The second-order valence-electron chi connectivity index (χ2n) is 6.49. The number of rotatable bonds is 9. The van der Waals surface area contributed by atoms with Crippen molar-refractivity contribution in [2.45, 2.75) is 59.8 Å². The molecule has 1 saturated heterocycles. The standard InChI is InChI=1S/C13H16N2O2.2C4H10O.C2H6O2/c1-2-3-9-11-12(16)14-15(13(11)17)10-7-5-4-6-8-10;1-3-5-4-2;1-2-3-4-5;3-1-2-4/h4-8,11H,2-3,9H2,1H3,(H,14,16);3-4H2,1-2H3;5H,2-4H2,1H3;3-4H,1-2H2. The number of carbonyl (C=O) groups is 2. The number of ether oxygens (including phenoxy) is 1. The molecule has 1 aromatic rings. The summed E-state index contributed by atoms with van der Waals surface area (Å²) in [6.45, 7) is 9.86. The summed E-state index contributed by atoms with van der Waals surface area (Å²) < 4.78 is 4.83. The van der Waals surface area contributed by atoms with Crippen LogP contribution in [0.4, 0.5) is 5.69 Å². The molecule has 2 rings (SSSR count). The normalized spacial score (nSPS) is 14.4. The molecule has 1 aromatic carbocycles. The van der Waals surface area contributed by atoms with Crippen molar-refractivity contribution in [2.24, 2.45) is 5.92 Å². The van der Waals surface area contributed by atoms with Gasteiger partial charge < -0.3 is 20.1 Å². The van der Waals surface area contributed by atoms with Crippen LogP contribution in [-0.4, -0.2) is 60.2 Å². The summed E-state index contributed by atoms with van der Waals surface area (Å²) in [6.07, 6.45) is 4.55. The van der Waals surface area contributed by atoms with Crippen molar-refractivity contribution >= 4 is 17.5 Å². The first-order chi connectivity index (χ1) is 15.0. The number of hydrogen-bond donors (Lipinski definition) is 4. The Morgan fingerprint density at radius 1 is 0.871 bits per heavy atom. The predicted molar refractivity (Wildman–Crippen MR) is 123 cm³/mol. The molecule has 180 valence electrons. The zero-order valence-corrected chi connectivity index (χ0v) is 19.5. The maximum absolute atomic E-state index is 12.1. The van der Waals surface area contributed by atoms with Gasteiger partial charge in [-0.3, -0.25) is 15.0 Å². The molecule has 0 radical (unpaired) electrons.